The van der Waals surface area contributed by atoms with Gasteiger partial charge in [0.1, 0.15) is 0 Å². The molecule has 0 atom stereocenters. The van der Waals surface area contributed by atoms with Crippen LogP contribution in [0.15, 0.2) is 81.8 Å². The van der Waals surface area contributed by atoms with Gasteiger partial charge in [0.05, 0.1) is 4.90 Å². The van der Waals surface area contributed by atoms with E-state index in [1.54, 1.807) is 32.1 Å². The van der Waals surface area contributed by atoms with Gasteiger partial charge in [-0.25, -0.2) is 18.2 Å². The second-order valence-corrected chi connectivity index (χ2v) is 8.69. The molecular formula is C23H24N2O4S. The summed E-state index contributed by atoms with van der Waals surface area (Å²) in [7, 11) is -3.62. The Hall–Kier alpha value is -3.03. The van der Waals surface area contributed by atoms with E-state index in [2.05, 4.69) is 4.99 Å². The van der Waals surface area contributed by atoms with Gasteiger partial charge >= 0.3 is 5.97 Å². The Labute approximate surface area is 177 Å². The Balaban J connectivity index is 1.91. The summed E-state index contributed by atoms with van der Waals surface area (Å²) in [5.41, 5.74) is 2.46. The molecule has 0 radical (unpaired) electrons. The van der Waals surface area contributed by atoms with Gasteiger partial charge in [0.15, 0.2) is 5.70 Å². The molecule has 0 N–H and O–H groups in total. The molecule has 0 aromatic heterocycles. The minimum atomic E-state index is -3.62. The molecule has 0 amide bonds. The highest BCUT2D eigenvalue weighted by Gasteiger charge is 2.26. The van der Waals surface area contributed by atoms with Crippen molar-refractivity contribution >= 4 is 28.0 Å². The summed E-state index contributed by atoms with van der Waals surface area (Å²) in [6.07, 6.45) is 3.59. The van der Waals surface area contributed by atoms with Crippen molar-refractivity contribution in [2.45, 2.75) is 25.7 Å². The number of benzene rings is 2. The number of cyclic esters (lactones) is 1. The van der Waals surface area contributed by atoms with Gasteiger partial charge in [0.25, 0.3) is 0 Å². The van der Waals surface area contributed by atoms with E-state index < -0.39 is 16.0 Å². The lowest BCUT2D eigenvalue weighted by molar-refractivity contribution is -0.130. The third-order valence-corrected chi connectivity index (χ3v) is 6.65. The first kappa shape index (κ1) is 21.7. The molecule has 0 spiro atoms. The van der Waals surface area contributed by atoms with Gasteiger partial charge in [-0.05, 0) is 42.3 Å². The molecule has 0 bridgehead atoms. The van der Waals surface area contributed by atoms with Crippen molar-refractivity contribution in [2.75, 3.05) is 13.1 Å². The van der Waals surface area contributed by atoms with Gasteiger partial charge in [-0.3, -0.25) is 0 Å². The summed E-state index contributed by atoms with van der Waals surface area (Å²) in [6, 6.07) is 16.0. The number of rotatable bonds is 7. The molecule has 0 fully saturated rings. The van der Waals surface area contributed by atoms with E-state index >= 15 is 0 Å². The summed E-state index contributed by atoms with van der Waals surface area (Å²) in [5, 5.41) is 0. The quantitative estimate of drug-likeness (QED) is 0.497. The Kier molecular flexibility index (Phi) is 6.64. The summed E-state index contributed by atoms with van der Waals surface area (Å²) >= 11 is 0. The first-order valence-electron chi connectivity index (χ1n) is 9.71. The first-order chi connectivity index (χ1) is 14.3. The molecule has 1 heterocycles. The number of hydrogen-bond donors (Lipinski definition) is 0. The van der Waals surface area contributed by atoms with Crippen LogP contribution in [0.1, 0.15) is 31.9 Å². The molecule has 3 rings (SSSR count). The second-order valence-electron chi connectivity index (χ2n) is 6.75. The molecule has 7 heteroatoms. The molecule has 1 aliphatic rings. The van der Waals surface area contributed by atoms with Crippen LogP contribution in [0, 0.1) is 0 Å². The zero-order chi connectivity index (χ0) is 21.7. The second kappa shape index (κ2) is 9.19. The van der Waals surface area contributed by atoms with E-state index in [-0.39, 0.29) is 16.5 Å². The minimum Gasteiger partial charge on any atom is -0.402 e. The molecule has 30 heavy (non-hydrogen) atoms. The number of esters is 1. The SMILES string of the molecule is CCN(CC)S(=O)(=O)c1cccc(C2=NC(=CC(C)=Cc3ccccc3)C(=O)O2)c1. The van der Waals surface area contributed by atoms with Crippen LogP contribution in [0.3, 0.4) is 0 Å². The van der Waals surface area contributed by atoms with Gasteiger partial charge in [-0.15, -0.1) is 0 Å². The van der Waals surface area contributed by atoms with Gasteiger partial charge in [0, 0.05) is 18.7 Å². The standard InChI is InChI=1S/C23H24N2O4S/c1-4-25(5-2)30(27,28)20-13-9-12-19(16-20)22-24-21(23(26)29-22)15-17(3)14-18-10-7-6-8-11-18/h6-16H,4-5H2,1-3H3. The fourth-order valence-electron chi connectivity index (χ4n) is 3.10. The predicted octanol–water partition coefficient (Wildman–Crippen LogP) is 4.01. The topological polar surface area (TPSA) is 76.0 Å². The van der Waals surface area contributed by atoms with Crippen LogP contribution in [-0.2, 0) is 19.6 Å². The van der Waals surface area contributed by atoms with Crippen LogP contribution >= 0.6 is 0 Å². The fourth-order valence-corrected chi connectivity index (χ4v) is 4.61. The van der Waals surface area contributed by atoms with Crippen molar-refractivity contribution in [2.24, 2.45) is 4.99 Å². The Bertz CT molecular complexity index is 1130. The van der Waals surface area contributed by atoms with E-state index in [1.165, 1.54) is 16.4 Å². The highest BCUT2D eigenvalue weighted by Crippen LogP contribution is 2.22. The van der Waals surface area contributed by atoms with Crippen LogP contribution in [0.25, 0.3) is 6.08 Å². The number of allylic oxidation sites excluding steroid dienone is 2. The molecule has 0 unspecified atom stereocenters. The van der Waals surface area contributed by atoms with E-state index in [4.69, 9.17) is 4.74 Å². The van der Waals surface area contributed by atoms with E-state index in [1.807, 2.05) is 43.3 Å². The third kappa shape index (κ3) is 4.75. The van der Waals surface area contributed by atoms with Crippen molar-refractivity contribution in [1.82, 2.24) is 4.31 Å². The average molecular weight is 425 g/mol. The maximum atomic E-state index is 12.8. The van der Waals surface area contributed by atoms with Gasteiger partial charge in [-0.1, -0.05) is 56.3 Å². The smallest absolute Gasteiger partial charge is 0.363 e. The highest BCUT2D eigenvalue weighted by molar-refractivity contribution is 7.89. The van der Waals surface area contributed by atoms with Crippen molar-refractivity contribution in [1.29, 1.82) is 0 Å². The summed E-state index contributed by atoms with van der Waals surface area (Å²) in [6.45, 7) is 6.20. The van der Waals surface area contributed by atoms with Crippen LogP contribution in [-0.4, -0.2) is 37.7 Å². The Morgan fingerprint density at radius 2 is 1.77 bits per heavy atom. The van der Waals surface area contributed by atoms with Crippen molar-refractivity contribution in [3.05, 3.63) is 83.1 Å². The Morgan fingerprint density at radius 1 is 1.07 bits per heavy atom. The first-order valence-corrected chi connectivity index (χ1v) is 11.2. The van der Waals surface area contributed by atoms with Gasteiger partial charge in [0.2, 0.25) is 15.9 Å². The zero-order valence-electron chi connectivity index (χ0n) is 17.2. The molecule has 0 saturated carbocycles. The molecule has 2 aromatic rings. The van der Waals surface area contributed by atoms with Crippen molar-refractivity contribution in [3.63, 3.8) is 0 Å². The van der Waals surface area contributed by atoms with Crippen molar-refractivity contribution in [3.8, 4) is 0 Å². The summed E-state index contributed by atoms with van der Waals surface area (Å²) < 4.78 is 32.2. The molecule has 1 aliphatic heterocycles. The molecule has 0 saturated heterocycles. The molecule has 0 aliphatic carbocycles. The van der Waals surface area contributed by atoms with E-state index in [0.29, 0.717) is 18.7 Å². The monoisotopic (exact) mass is 424 g/mol. The third-order valence-electron chi connectivity index (χ3n) is 4.60. The number of carbonyl (C=O) groups excluding carboxylic acids is 1. The van der Waals surface area contributed by atoms with Gasteiger partial charge < -0.3 is 4.74 Å². The number of ether oxygens (including phenoxy) is 1. The summed E-state index contributed by atoms with van der Waals surface area (Å²) in [5.74, 6) is -0.474. The summed E-state index contributed by atoms with van der Waals surface area (Å²) in [4.78, 5) is 16.7. The minimum absolute atomic E-state index is 0.0929. The number of nitrogens with zero attached hydrogens (tertiary/aromatic N) is 2. The van der Waals surface area contributed by atoms with E-state index in [9.17, 15) is 13.2 Å². The molecular weight excluding hydrogens is 400 g/mol. The molecule has 6 nitrogen and oxygen atoms in total. The lowest BCUT2D eigenvalue weighted by Crippen LogP contribution is -2.30. The normalized spacial score (nSPS) is 16.1. The van der Waals surface area contributed by atoms with Crippen molar-refractivity contribution < 1.29 is 17.9 Å². The number of carbonyl (C=O) groups is 1. The number of sulfonamides is 1. The average Bonchev–Trinajstić information content (AvgIpc) is 3.10. The van der Waals surface area contributed by atoms with Crippen LogP contribution in [0.5, 0.6) is 0 Å². The molecule has 2 aromatic carbocycles. The van der Waals surface area contributed by atoms with Crippen LogP contribution in [0.2, 0.25) is 0 Å². The zero-order valence-corrected chi connectivity index (χ0v) is 18.0. The predicted molar refractivity (Wildman–Crippen MR) is 117 cm³/mol. The lowest BCUT2D eigenvalue weighted by atomic mass is 10.1. The largest absolute Gasteiger partial charge is 0.402 e. The van der Waals surface area contributed by atoms with E-state index in [0.717, 1.165) is 11.1 Å². The number of aliphatic imine (C=N–C) groups is 1. The van der Waals surface area contributed by atoms with Crippen LogP contribution in [0.4, 0.5) is 0 Å². The Morgan fingerprint density at radius 3 is 2.43 bits per heavy atom. The maximum Gasteiger partial charge on any atom is 0.363 e. The highest BCUT2D eigenvalue weighted by atomic mass is 32.2. The van der Waals surface area contributed by atoms with Gasteiger partial charge in [-0.2, -0.15) is 4.31 Å². The van der Waals surface area contributed by atoms with Crippen LogP contribution < -0.4 is 0 Å². The lowest BCUT2D eigenvalue weighted by Gasteiger charge is -2.18. The fraction of sp³-hybridized carbons (Fsp3) is 0.217. The molecule has 156 valence electrons. The number of hydrogen-bond acceptors (Lipinski definition) is 5. The maximum absolute atomic E-state index is 12.8.